The van der Waals surface area contributed by atoms with Crippen molar-refractivity contribution in [1.82, 2.24) is 4.90 Å². The molecule has 172 valence electrons. The van der Waals surface area contributed by atoms with E-state index in [-0.39, 0.29) is 18.4 Å². The number of nitrogens with zero attached hydrogens (tertiary/aromatic N) is 4. The van der Waals surface area contributed by atoms with E-state index >= 15 is 0 Å². The molecule has 0 aliphatic carbocycles. The van der Waals surface area contributed by atoms with Gasteiger partial charge in [-0.2, -0.15) is 5.26 Å². The highest BCUT2D eigenvalue weighted by Gasteiger charge is 2.26. The van der Waals surface area contributed by atoms with E-state index in [2.05, 4.69) is 6.07 Å². The first-order chi connectivity index (χ1) is 15.4. The van der Waals surface area contributed by atoms with Gasteiger partial charge >= 0.3 is 6.09 Å². The summed E-state index contributed by atoms with van der Waals surface area (Å²) >= 11 is 0. The molecule has 10 heteroatoms. The summed E-state index contributed by atoms with van der Waals surface area (Å²) in [5.41, 5.74) is 1.51. The molecule has 9 nitrogen and oxygen atoms in total. The SMILES string of the molecule is CCCS(=O)(=O)N(Cc1ccco1)c1ccc(N2CCN(C(=O)OCC)CC2)c(C#N)c1. The number of piperazine rings is 1. The molecule has 32 heavy (non-hydrogen) atoms. The fourth-order valence-corrected chi connectivity index (χ4v) is 5.15. The zero-order valence-electron chi connectivity index (χ0n) is 18.4. The van der Waals surface area contributed by atoms with Crippen LogP contribution in [0.3, 0.4) is 0 Å². The molecule has 0 atom stereocenters. The molecule has 0 bridgehead atoms. The molecule has 0 radical (unpaired) electrons. The Bertz CT molecular complexity index is 1050. The van der Waals surface area contributed by atoms with Gasteiger partial charge in [0.15, 0.2) is 0 Å². The lowest BCUT2D eigenvalue weighted by Crippen LogP contribution is -2.49. The molecule has 0 spiro atoms. The van der Waals surface area contributed by atoms with Crippen molar-refractivity contribution < 1.29 is 22.4 Å². The van der Waals surface area contributed by atoms with Gasteiger partial charge in [-0.25, -0.2) is 13.2 Å². The Morgan fingerprint density at radius 1 is 1.22 bits per heavy atom. The maximum absolute atomic E-state index is 12.9. The van der Waals surface area contributed by atoms with E-state index in [1.807, 2.05) is 11.8 Å². The van der Waals surface area contributed by atoms with Gasteiger partial charge in [-0.05, 0) is 43.7 Å². The molecular formula is C22H28N4O5S. The Kier molecular flexibility index (Phi) is 7.64. The molecule has 2 heterocycles. The van der Waals surface area contributed by atoms with Crippen LogP contribution in [0.2, 0.25) is 0 Å². The highest BCUT2D eigenvalue weighted by Crippen LogP contribution is 2.29. The van der Waals surface area contributed by atoms with E-state index in [1.165, 1.54) is 10.6 Å². The van der Waals surface area contributed by atoms with Crippen LogP contribution in [-0.2, 0) is 21.3 Å². The van der Waals surface area contributed by atoms with Crippen LogP contribution in [0, 0.1) is 11.3 Å². The van der Waals surface area contributed by atoms with Gasteiger partial charge in [-0.3, -0.25) is 4.31 Å². The van der Waals surface area contributed by atoms with E-state index in [0.29, 0.717) is 61.9 Å². The molecule has 1 saturated heterocycles. The fraction of sp³-hybridized carbons (Fsp3) is 0.455. The summed E-state index contributed by atoms with van der Waals surface area (Å²) in [6.07, 6.45) is 1.64. The summed E-state index contributed by atoms with van der Waals surface area (Å²) in [6.45, 7) is 6.04. The van der Waals surface area contributed by atoms with Crippen LogP contribution < -0.4 is 9.21 Å². The van der Waals surface area contributed by atoms with Crippen molar-refractivity contribution in [3.63, 3.8) is 0 Å². The molecule has 1 fully saturated rings. The first-order valence-corrected chi connectivity index (χ1v) is 12.2. The summed E-state index contributed by atoms with van der Waals surface area (Å²) in [5.74, 6) is 0.509. The number of carbonyl (C=O) groups excluding carboxylic acids is 1. The number of nitriles is 1. The molecule has 1 aromatic heterocycles. The molecule has 1 amide bonds. The third-order valence-electron chi connectivity index (χ3n) is 5.21. The van der Waals surface area contributed by atoms with Gasteiger partial charge in [-0.1, -0.05) is 6.92 Å². The number of rotatable bonds is 8. The Hall–Kier alpha value is -3.19. The Balaban J connectivity index is 1.84. The molecule has 1 aliphatic heterocycles. The molecule has 0 unspecified atom stereocenters. The number of ether oxygens (including phenoxy) is 1. The average Bonchev–Trinajstić information content (AvgIpc) is 3.30. The minimum atomic E-state index is -3.59. The van der Waals surface area contributed by atoms with Crippen LogP contribution in [0.25, 0.3) is 0 Å². The van der Waals surface area contributed by atoms with Crippen molar-refractivity contribution >= 4 is 27.5 Å². The van der Waals surface area contributed by atoms with Crippen molar-refractivity contribution in [2.75, 3.05) is 47.7 Å². The van der Waals surface area contributed by atoms with E-state index in [1.54, 1.807) is 42.2 Å². The summed E-state index contributed by atoms with van der Waals surface area (Å²) < 4.78 is 37.6. The first kappa shape index (κ1) is 23.5. The standard InChI is InChI=1S/C22H28N4O5S/c1-3-14-32(28,29)26(17-20-6-5-13-31-20)19-7-8-21(18(15-19)16-23)24-9-11-25(12-10-24)22(27)30-4-2/h5-8,13,15H,3-4,9-12,14,17H2,1-2H3. The number of amides is 1. The minimum Gasteiger partial charge on any atom is -0.467 e. The van der Waals surface area contributed by atoms with E-state index in [4.69, 9.17) is 9.15 Å². The largest absolute Gasteiger partial charge is 0.467 e. The second-order valence-electron chi connectivity index (χ2n) is 7.39. The third-order valence-corrected chi connectivity index (χ3v) is 7.15. The summed E-state index contributed by atoms with van der Waals surface area (Å²) in [5, 5.41) is 9.78. The van der Waals surface area contributed by atoms with Crippen molar-refractivity contribution in [1.29, 1.82) is 5.26 Å². The molecule has 0 N–H and O–H groups in total. The van der Waals surface area contributed by atoms with Crippen molar-refractivity contribution in [3.05, 3.63) is 47.9 Å². The number of sulfonamides is 1. The number of furan rings is 1. The van der Waals surface area contributed by atoms with Gasteiger partial charge in [0.1, 0.15) is 11.8 Å². The van der Waals surface area contributed by atoms with Gasteiger partial charge < -0.3 is 19.0 Å². The Labute approximate surface area is 188 Å². The number of hydrogen-bond acceptors (Lipinski definition) is 7. The number of hydrogen-bond donors (Lipinski definition) is 0. The van der Waals surface area contributed by atoms with Crippen molar-refractivity contribution in [2.24, 2.45) is 0 Å². The number of anilines is 2. The van der Waals surface area contributed by atoms with Crippen LogP contribution in [0.4, 0.5) is 16.2 Å². The third kappa shape index (κ3) is 5.34. The van der Waals surface area contributed by atoms with Gasteiger partial charge in [0.05, 0.1) is 42.1 Å². The maximum atomic E-state index is 12.9. The summed E-state index contributed by atoms with van der Waals surface area (Å²) in [7, 11) is -3.59. The molecule has 1 aliphatic rings. The van der Waals surface area contributed by atoms with Crippen LogP contribution in [0.1, 0.15) is 31.6 Å². The Morgan fingerprint density at radius 3 is 2.56 bits per heavy atom. The van der Waals surface area contributed by atoms with Gasteiger partial charge in [0, 0.05) is 26.2 Å². The van der Waals surface area contributed by atoms with E-state index < -0.39 is 10.0 Å². The minimum absolute atomic E-state index is 0.00678. The molecule has 0 saturated carbocycles. The number of benzene rings is 1. The maximum Gasteiger partial charge on any atom is 0.409 e. The summed E-state index contributed by atoms with van der Waals surface area (Å²) in [6, 6.07) is 10.7. The van der Waals surface area contributed by atoms with Crippen LogP contribution in [-0.4, -0.2) is 57.9 Å². The predicted molar refractivity (Wildman–Crippen MR) is 121 cm³/mol. The van der Waals surface area contributed by atoms with Crippen LogP contribution >= 0.6 is 0 Å². The van der Waals surface area contributed by atoms with Crippen molar-refractivity contribution in [2.45, 2.75) is 26.8 Å². The highest BCUT2D eigenvalue weighted by atomic mass is 32.2. The smallest absolute Gasteiger partial charge is 0.409 e. The lowest BCUT2D eigenvalue weighted by atomic mass is 10.1. The normalized spacial score (nSPS) is 14.2. The zero-order chi connectivity index (χ0) is 23.1. The second kappa shape index (κ2) is 10.4. The zero-order valence-corrected chi connectivity index (χ0v) is 19.2. The average molecular weight is 461 g/mol. The van der Waals surface area contributed by atoms with E-state index in [0.717, 1.165) is 0 Å². The second-order valence-corrected chi connectivity index (χ2v) is 9.40. The number of carbonyl (C=O) groups is 1. The van der Waals surface area contributed by atoms with Crippen LogP contribution in [0.15, 0.2) is 41.0 Å². The lowest BCUT2D eigenvalue weighted by molar-refractivity contribution is 0.105. The van der Waals surface area contributed by atoms with Crippen LogP contribution in [0.5, 0.6) is 0 Å². The van der Waals surface area contributed by atoms with Gasteiger partial charge in [0.2, 0.25) is 10.0 Å². The monoisotopic (exact) mass is 460 g/mol. The topological polar surface area (TPSA) is 107 Å². The quantitative estimate of drug-likeness (QED) is 0.595. The van der Waals surface area contributed by atoms with Crippen molar-refractivity contribution in [3.8, 4) is 6.07 Å². The van der Waals surface area contributed by atoms with Gasteiger partial charge in [-0.15, -0.1) is 0 Å². The predicted octanol–water partition coefficient (Wildman–Crippen LogP) is 3.18. The molecule has 2 aromatic rings. The molecular weight excluding hydrogens is 432 g/mol. The fourth-order valence-electron chi connectivity index (χ4n) is 3.65. The molecule has 3 rings (SSSR count). The highest BCUT2D eigenvalue weighted by molar-refractivity contribution is 7.92. The van der Waals surface area contributed by atoms with E-state index in [9.17, 15) is 18.5 Å². The lowest BCUT2D eigenvalue weighted by Gasteiger charge is -2.36. The summed E-state index contributed by atoms with van der Waals surface area (Å²) in [4.78, 5) is 15.6. The molecule has 1 aromatic carbocycles. The first-order valence-electron chi connectivity index (χ1n) is 10.6. The van der Waals surface area contributed by atoms with Gasteiger partial charge in [0.25, 0.3) is 0 Å². The Morgan fingerprint density at radius 2 is 1.97 bits per heavy atom.